The van der Waals surface area contributed by atoms with Crippen LogP contribution in [0.25, 0.3) is 0 Å². The van der Waals surface area contributed by atoms with E-state index in [9.17, 15) is 14.4 Å². The SMILES string of the molecule is CN1C(=O)C[C@@H](CNC(=O)c2ccc(=O)[nH]c2)[C@@H]1c1ccncc1. The van der Waals surface area contributed by atoms with Crippen LogP contribution >= 0.6 is 0 Å². The molecular weight excluding hydrogens is 308 g/mol. The maximum Gasteiger partial charge on any atom is 0.252 e. The first kappa shape index (κ1) is 15.9. The first-order valence-electron chi connectivity index (χ1n) is 7.69. The van der Waals surface area contributed by atoms with Crippen molar-refractivity contribution in [3.8, 4) is 0 Å². The Morgan fingerprint density at radius 1 is 1.29 bits per heavy atom. The first-order chi connectivity index (χ1) is 11.6. The highest BCUT2D eigenvalue weighted by molar-refractivity contribution is 5.93. The van der Waals surface area contributed by atoms with Crippen LogP contribution in [0, 0.1) is 5.92 Å². The molecule has 1 saturated heterocycles. The number of hydrogen-bond donors (Lipinski definition) is 2. The number of rotatable bonds is 4. The standard InChI is InChI=1S/C17H18N4O3/c1-21-15(23)8-13(16(21)11-4-6-18-7-5-11)10-20-17(24)12-2-3-14(22)19-9-12/h2-7,9,13,16H,8,10H2,1H3,(H,19,22)(H,20,24)/t13-,16-/m0/s1. The smallest absolute Gasteiger partial charge is 0.252 e. The number of aromatic nitrogens is 2. The van der Waals surface area contributed by atoms with E-state index < -0.39 is 0 Å². The number of nitrogens with one attached hydrogen (secondary N) is 2. The number of carbonyl (C=O) groups is 2. The summed E-state index contributed by atoms with van der Waals surface area (Å²) in [5.41, 5.74) is 1.13. The minimum Gasteiger partial charge on any atom is -0.352 e. The topological polar surface area (TPSA) is 95.2 Å². The summed E-state index contributed by atoms with van der Waals surface area (Å²) in [6.07, 6.45) is 5.16. The fourth-order valence-corrected chi connectivity index (χ4v) is 3.07. The minimum absolute atomic E-state index is 0.0170. The van der Waals surface area contributed by atoms with E-state index in [-0.39, 0.29) is 29.3 Å². The predicted molar refractivity (Wildman–Crippen MR) is 87.3 cm³/mol. The summed E-state index contributed by atoms with van der Waals surface area (Å²) in [6.45, 7) is 0.376. The van der Waals surface area contributed by atoms with Gasteiger partial charge in [0.2, 0.25) is 11.5 Å². The summed E-state index contributed by atoms with van der Waals surface area (Å²) >= 11 is 0. The van der Waals surface area contributed by atoms with Gasteiger partial charge in [-0.3, -0.25) is 19.4 Å². The van der Waals surface area contributed by atoms with Crippen LogP contribution in [0.2, 0.25) is 0 Å². The number of pyridine rings is 2. The molecule has 1 aliphatic heterocycles. The van der Waals surface area contributed by atoms with Gasteiger partial charge < -0.3 is 15.2 Å². The van der Waals surface area contributed by atoms with E-state index in [1.54, 1.807) is 24.3 Å². The molecule has 2 aromatic rings. The number of carbonyl (C=O) groups excluding carboxylic acids is 2. The lowest BCUT2D eigenvalue weighted by molar-refractivity contribution is -0.127. The van der Waals surface area contributed by atoms with Gasteiger partial charge in [-0.15, -0.1) is 0 Å². The quantitative estimate of drug-likeness (QED) is 0.865. The van der Waals surface area contributed by atoms with Crippen LogP contribution in [-0.2, 0) is 4.79 Å². The van der Waals surface area contributed by atoms with Crippen LogP contribution < -0.4 is 10.9 Å². The zero-order valence-corrected chi connectivity index (χ0v) is 13.2. The van der Waals surface area contributed by atoms with E-state index in [1.165, 1.54) is 18.3 Å². The fourth-order valence-electron chi connectivity index (χ4n) is 3.07. The van der Waals surface area contributed by atoms with E-state index in [1.807, 2.05) is 12.1 Å². The van der Waals surface area contributed by atoms with Crippen LogP contribution in [0.3, 0.4) is 0 Å². The highest BCUT2D eigenvalue weighted by Crippen LogP contribution is 2.36. The van der Waals surface area contributed by atoms with Crippen LogP contribution in [0.5, 0.6) is 0 Å². The molecule has 0 aromatic carbocycles. The van der Waals surface area contributed by atoms with Crippen molar-refractivity contribution >= 4 is 11.8 Å². The number of aromatic amines is 1. The van der Waals surface area contributed by atoms with Gasteiger partial charge in [0.25, 0.3) is 5.91 Å². The molecule has 2 amide bonds. The molecule has 1 aliphatic rings. The molecule has 7 heteroatoms. The van der Waals surface area contributed by atoms with Crippen molar-refractivity contribution in [1.82, 2.24) is 20.2 Å². The van der Waals surface area contributed by atoms with Gasteiger partial charge >= 0.3 is 0 Å². The molecule has 1 fully saturated rings. The highest BCUT2D eigenvalue weighted by atomic mass is 16.2. The molecule has 2 N–H and O–H groups in total. The van der Waals surface area contributed by atoms with Gasteiger partial charge in [0.1, 0.15) is 0 Å². The van der Waals surface area contributed by atoms with Gasteiger partial charge in [-0.1, -0.05) is 0 Å². The van der Waals surface area contributed by atoms with Gasteiger partial charge in [0, 0.05) is 50.6 Å². The molecular formula is C17H18N4O3. The Balaban J connectivity index is 1.71. The van der Waals surface area contributed by atoms with E-state index >= 15 is 0 Å². The number of H-pyrrole nitrogens is 1. The van der Waals surface area contributed by atoms with E-state index in [0.29, 0.717) is 18.5 Å². The number of amides is 2. The molecule has 2 aromatic heterocycles. The summed E-state index contributed by atoms with van der Waals surface area (Å²) < 4.78 is 0. The molecule has 0 spiro atoms. The summed E-state index contributed by atoms with van der Waals surface area (Å²) in [5, 5.41) is 2.85. The summed E-state index contributed by atoms with van der Waals surface area (Å²) in [6, 6.07) is 6.46. The van der Waals surface area contributed by atoms with Crippen molar-refractivity contribution in [3.63, 3.8) is 0 Å². The van der Waals surface area contributed by atoms with Gasteiger partial charge in [0.05, 0.1) is 11.6 Å². The number of likely N-dealkylation sites (tertiary alicyclic amines) is 1. The zero-order chi connectivity index (χ0) is 17.1. The lowest BCUT2D eigenvalue weighted by Gasteiger charge is -2.25. The summed E-state index contributed by atoms with van der Waals surface area (Å²) in [4.78, 5) is 43.5. The Hall–Kier alpha value is -2.96. The maximum absolute atomic E-state index is 12.2. The molecule has 3 heterocycles. The van der Waals surface area contributed by atoms with Gasteiger partial charge in [-0.25, -0.2) is 0 Å². The molecule has 24 heavy (non-hydrogen) atoms. The van der Waals surface area contributed by atoms with Crippen molar-refractivity contribution in [2.24, 2.45) is 5.92 Å². The Morgan fingerprint density at radius 2 is 2.04 bits per heavy atom. The molecule has 0 bridgehead atoms. The lowest BCUT2D eigenvalue weighted by atomic mass is 9.94. The van der Waals surface area contributed by atoms with Crippen LogP contribution in [0.15, 0.2) is 47.7 Å². The molecule has 0 radical (unpaired) electrons. The molecule has 124 valence electrons. The summed E-state index contributed by atoms with van der Waals surface area (Å²) in [7, 11) is 1.77. The monoisotopic (exact) mass is 326 g/mol. The van der Waals surface area contributed by atoms with Crippen LogP contribution in [-0.4, -0.2) is 40.3 Å². The van der Waals surface area contributed by atoms with E-state index in [0.717, 1.165) is 5.56 Å². The average molecular weight is 326 g/mol. The molecule has 0 unspecified atom stereocenters. The molecule has 7 nitrogen and oxygen atoms in total. The zero-order valence-electron chi connectivity index (χ0n) is 13.2. The van der Waals surface area contributed by atoms with Crippen molar-refractivity contribution in [2.45, 2.75) is 12.5 Å². The largest absolute Gasteiger partial charge is 0.352 e. The van der Waals surface area contributed by atoms with Crippen molar-refractivity contribution < 1.29 is 9.59 Å². The van der Waals surface area contributed by atoms with Crippen molar-refractivity contribution in [2.75, 3.05) is 13.6 Å². The predicted octanol–water partition coefficient (Wildman–Crippen LogP) is 0.719. The third-order valence-electron chi connectivity index (χ3n) is 4.31. The van der Waals surface area contributed by atoms with Gasteiger partial charge in [-0.2, -0.15) is 0 Å². The molecule has 0 aliphatic carbocycles. The summed E-state index contributed by atoms with van der Waals surface area (Å²) in [5.74, 6) is -0.238. The minimum atomic E-state index is -0.276. The Bertz CT molecular complexity index is 782. The van der Waals surface area contributed by atoms with E-state index in [4.69, 9.17) is 0 Å². The second-order valence-electron chi connectivity index (χ2n) is 5.85. The van der Waals surface area contributed by atoms with Gasteiger partial charge in [-0.05, 0) is 23.8 Å². The van der Waals surface area contributed by atoms with E-state index in [2.05, 4.69) is 15.3 Å². The number of nitrogens with zero attached hydrogens (tertiary/aromatic N) is 2. The Morgan fingerprint density at radius 3 is 2.71 bits per heavy atom. The Labute approximate surface area is 138 Å². The second kappa shape index (κ2) is 6.66. The van der Waals surface area contributed by atoms with Crippen molar-refractivity contribution in [3.05, 3.63) is 64.3 Å². The average Bonchev–Trinajstić information content (AvgIpc) is 2.88. The molecule has 2 atom stereocenters. The Kier molecular flexibility index (Phi) is 4.41. The first-order valence-corrected chi connectivity index (χ1v) is 7.69. The number of hydrogen-bond acceptors (Lipinski definition) is 4. The lowest BCUT2D eigenvalue weighted by Crippen LogP contribution is -2.32. The second-order valence-corrected chi connectivity index (χ2v) is 5.85. The van der Waals surface area contributed by atoms with Gasteiger partial charge in [0.15, 0.2) is 0 Å². The molecule has 3 rings (SSSR count). The van der Waals surface area contributed by atoms with Crippen LogP contribution in [0.4, 0.5) is 0 Å². The maximum atomic E-state index is 12.2. The van der Waals surface area contributed by atoms with Crippen LogP contribution in [0.1, 0.15) is 28.4 Å². The van der Waals surface area contributed by atoms with Crippen molar-refractivity contribution in [1.29, 1.82) is 0 Å². The third-order valence-corrected chi connectivity index (χ3v) is 4.31. The molecule has 0 saturated carbocycles. The highest BCUT2D eigenvalue weighted by Gasteiger charge is 2.38. The third kappa shape index (κ3) is 3.19. The normalized spacial score (nSPS) is 20.2. The fraction of sp³-hybridized carbons (Fsp3) is 0.294.